The third kappa shape index (κ3) is 5.40. The summed E-state index contributed by atoms with van der Waals surface area (Å²) in [6.45, 7) is 2.06. The van der Waals surface area contributed by atoms with Crippen LogP contribution in [0.2, 0.25) is 0 Å². The Balaban J connectivity index is 1.62. The number of thiazole rings is 1. The highest BCUT2D eigenvalue weighted by Gasteiger charge is 2.22. The molecule has 1 atom stereocenters. The van der Waals surface area contributed by atoms with Crippen LogP contribution in [-0.2, 0) is 22.6 Å². The summed E-state index contributed by atoms with van der Waals surface area (Å²) in [6, 6.07) is 15.8. The standard InChI is InChI=1S/C21H21N3O3S/c1-14-7-9-16(10-8-14)19-23-17(13-28-19)12-27-20(25)18(24-21(22)26)11-15-5-3-2-4-6-15/h2-10,13,18H,11-12H2,1H3,(H3,22,24,26)/t18-/m0/s1. The van der Waals surface area contributed by atoms with Crippen molar-refractivity contribution in [2.75, 3.05) is 0 Å². The maximum Gasteiger partial charge on any atom is 0.329 e. The third-order valence-electron chi connectivity index (χ3n) is 4.10. The Morgan fingerprint density at radius 3 is 2.54 bits per heavy atom. The van der Waals surface area contributed by atoms with E-state index in [1.165, 1.54) is 16.9 Å². The molecule has 3 rings (SSSR count). The lowest BCUT2D eigenvalue weighted by Gasteiger charge is -2.16. The molecule has 0 aliphatic heterocycles. The van der Waals surface area contributed by atoms with Crippen LogP contribution < -0.4 is 11.1 Å². The number of nitrogens with two attached hydrogens (primary N) is 1. The van der Waals surface area contributed by atoms with Gasteiger partial charge in [-0.1, -0.05) is 60.2 Å². The number of hydrogen-bond acceptors (Lipinski definition) is 5. The molecule has 0 spiro atoms. The third-order valence-corrected chi connectivity index (χ3v) is 5.04. The Bertz CT molecular complexity index is 939. The Morgan fingerprint density at radius 2 is 1.86 bits per heavy atom. The van der Waals surface area contributed by atoms with Crippen LogP contribution in [0.15, 0.2) is 60.0 Å². The molecule has 0 aliphatic carbocycles. The van der Waals surface area contributed by atoms with Crippen LogP contribution in [0.4, 0.5) is 4.79 Å². The van der Waals surface area contributed by atoms with E-state index in [2.05, 4.69) is 10.3 Å². The summed E-state index contributed by atoms with van der Waals surface area (Å²) in [5.41, 5.74) is 8.96. The van der Waals surface area contributed by atoms with Crippen molar-refractivity contribution >= 4 is 23.3 Å². The zero-order chi connectivity index (χ0) is 19.9. The summed E-state index contributed by atoms with van der Waals surface area (Å²) in [7, 11) is 0. The van der Waals surface area contributed by atoms with Crippen molar-refractivity contribution in [3.8, 4) is 10.6 Å². The van der Waals surface area contributed by atoms with E-state index in [9.17, 15) is 9.59 Å². The first kappa shape index (κ1) is 19.6. The van der Waals surface area contributed by atoms with E-state index < -0.39 is 18.0 Å². The number of benzene rings is 2. The van der Waals surface area contributed by atoms with E-state index in [-0.39, 0.29) is 6.61 Å². The number of nitrogens with one attached hydrogen (secondary N) is 1. The van der Waals surface area contributed by atoms with Gasteiger partial charge < -0.3 is 15.8 Å². The highest BCUT2D eigenvalue weighted by Crippen LogP contribution is 2.24. The fourth-order valence-corrected chi connectivity index (χ4v) is 3.47. The number of amides is 2. The van der Waals surface area contributed by atoms with E-state index in [4.69, 9.17) is 10.5 Å². The quantitative estimate of drug-likeness (QED) is 0.599. The largest absolute Gasteiger partial charge is 0.458 e. The highest BCUT2D eigenvalue weighted by atomic mass is 32.1. The van der Waals surface area contributed by atoms with Gasteiger partial charge in [0, 0.05) is 17.4 Å². The van der Waals surface area contributed by atoms with E-state index in [1.54, 1.807) is 0 Å². The van der Waals surface area contributed by atoms with Crippen LogP contribution in [0.3, 0.4) is 0 Å². The number of carbonyl (C=O) groups excluding carboxylic acids is 2. The molecular weight excluding hydrogens is 374 g/mol. The average Bonchev–Trinajstić information content (AvgIpc) is 3.15. The van der Waals surface area contributed by atoms with Gasteiger partial charge in [0.2, 0.25) is 0 Å². The molecule has 7 heteroatoms. The predicted octanol–water partition coefficient (Wildman–Crippen LogP) is 3.44. The number of carbonyl (C=O) groups is 2. The van der Waals surface area contributed by atoms with Gasteiger partial charge in [-0.25, -0.2) is 14.6 Å². The molecule has 0 fully saturated rings. The van der Waals surface area contributed by atoms with Crippen molar-refractivity contribution in [2.45, 2.75) is 26.0 Å². The minimum Gasteiger partial charge on any atom is -0.458 e. The van der Waals surface area contributed by atoms with Gasteiger partial charge in [-0.3, -0.25) is 0 Å². The number of primary amides is 1. The van der Waals surface area contributed by atoms with Crippen LogP contribution in [0.5, 0.6) is 0 Å². The van der Waals surface area contributed by atoms with Crippen molar-refractivity contribution in [3.63, 3.8) is 0 Å². The molecule has 0 bridgehead atoms. The Morgan fingerprint density at radius 1 is 1.14 bits per heavy atom. The lowest BCUT2D eigenvalue weighted by atomic mass is 10.1. The molecule has 2 amide bonds. The second kappa shape index (κ2) is 9.14. The van der Waals surface area contributed by atoms with Crippen molar-refractivity contribution < 1.29 is 14.3 Å². The SMILES string of the molecule is Cc1ccc(-c2nc(COC(=O)[C@H](Cc3ccccc3)NC(N)=O)cs2)cc1. The molecule has 2 aromatic carbocycles. The molecule has 1 aromatic heterocycles. The summed E-state index contributed by atoms with van der Waals surface area (Å²) < 4.78 is 5.37. The molecule has 0 saturated carbocycles. The minimum absolute atomic E-state index is 0.0346. The van der Waals surface area contributed by atoms with Crippen LogP contribution >= 0.6 is 11.3 Å². The van der Waals surface area contributed by atoms with Gasteiger partial charge in [-0.05, 0) is 12.5 Å². The first-order valence-electron chi connectivity index (χ1n) is 8.79. The molecular formula is C21H21N3O3S. The van der Waals surface area contributed by atoms with E-state index in [0.29, 0.717) is 12.1 Å². The summed E-state index contributed by atoms with van der Waals surface area (Å²) in [6.07, 6.45) is 0.300. The zero-order valence-corrected chi connectivity index (χ0v) is 16.2. The lowest BCUT2D eigenvalue weighted by Crippen LogP contribution is -2.45. The first-order chi connectivity index (χ1) is 13.5. The van der Waals surface area contributed by atoms with E-state index in [1.807, 2.05) is 66.9 Å². The Labute approximate surface area is 167 Å². The number of aryl methyl sites for hydroxylation is 1. The number of ether oxygens (including phenoxy) is 1. The number of hydrogen-bond donors (Lipinski definition) is 2. The van der Waals surface area contributed by atoms with Crippen molar-refractivity contribution in [2.24, 2.45) is 5.73 Å². The lowest BCUT2D eigenvalue weighted by molar-refractivity contribution is -0.147. The van der Waals surface area contributed by atoms with E-state index >= 15 is 0 Å². The fraction of sp³-hybridized carbons (Fsp3) is 0.190. The van der Waals surface area contributed by atoms with Crippen LogP contribution in [0.1, 0.15) is 16.8 Å². The van der Waals surface area contributed by atoms with Gasteiger partial charge in [0.25, 0.3) is 0 Å². The van der Waals surface area contributed by atoms with Gasteiger partial charge >= 0.3 is 12.0 Å². The van der Waals surface area contributed by atoms with Gasteiger partial charge in [0.05, 0.1) is 5.69 Å². The molecule has 28 heavy (non-hydrogen) atoms. The van der Waals surface area contributed by atoms with Gasteiger partial charge in [-0.2, -0.15) is 0 Å². The summed E-state index contributed by atoms with van der Waals surface area (Å²) in [5, 5.41) is 5.17. The van der Waals surface area contributed by atoms with Crippen molar-refractivity contribution in [1.29, 1.82) is 0 Å². The number of urea groups is 1. The summed E-state index contributed by atoms with van der Waals surface area (Å²) >= 11 is 1.49. The van der Waals surface area contributed by atoms with Crippen molar-refractivity contribution in [1.82, 2.24) is 10.3 Å². The minimum atomic E-state index is -0.852. The first-order valence-corrected chi connectivity index (χ1v) is 9.67. The van der Waals surface area contributed by atoms with Gasteiger partial charge in [0.15, 0.2) is 0 Å². The van der Waals surface area contributed by atoms with Gasteiger partial charge in [-0.15, -0.1) is 11.3 Å². The maximum absolute atomic E-state index is 12.5. The zero-order valence-electron chi connectivity index (χ0n) is 15.4. The average molecular weight is 395 g/mol. The van der Waals surface area contributed by atoms with Gasteiger partial charge in [0.1, 0.15) is 17.7 Å². The molecule has 0 saturated heterocycles. The Hall–Kier alpha value is -3.19. The topological polar surface area (TPSA) is 94.3 Å². The normalized spacial score (nSPS) is 11.6. The number of nitrogens with zero attached hydrogens (tertiary/aromatic N) is 1. The summed E-state index contributed by atoms with van der Waals surface area (Å²) in [4.78, 5) is 28.2. The van der Waals surface area contributed by atoms with Crippen molar-refractivity contribution in [3.05, 3.63) is 76.8 Å². The smallest absolute Gasteiger partial charge is 0.329 e. The molecule has 0 aliphatic rings. The number of aromatic nitrogens is 1. The monoisotopic (exact) mass is 395 g/mol. The number of esters is 1. The van der Waals surface area contributed by atoms with E-state index in [0.717, 1.165) is 16.1 Å². The predicted molar refractivity (Wildman–Crippen MR) is 109 cm³/mol. The fourth-order valence-electron chi connectivity index (χ4n) is 2.66. The second-order valence-corrected chi connectivity index (χ2v) is 7.23. The molecule has 3 aromatic rings. The number of rotatable bonds is 7. The second-order valence-electron chi connectivity index (χ2n) is 6.37. The molecule has 0 unspecified atom stereocenters. The molecule has 0 radical (unpaired) electrons. The van der Waals surface area contributed by atoms with Crippen LogP contribution in [-0.4, -0.2) is 23.0 Å². The summed E-state index contributed by atoms with van der Waals surface area (Å²) in [5.74, 6) is -0.549. The molecule has 6 nitrogen and oxygen atoms in total. The Kier molecular flexibility index (Phi) is 6.39. The molecule has 144 valence electrons. The molecule has 1 heterocycles. The van der Waals surface area contributed by atoms with Crippen LogP contribution in [0, 0.1) is 6.92 Å². The maximum atomic E-state index is 12.5. The molecule has 3 N–H and O–H groups in total. The highest BCUT2D eigenvalue weighted by molar-refractivity contribution is 7.13. The van der Waals surface area contributed by atoms with Crippen LogP contribution in [0.25, 0.3) is 10.6 Å².